The molecular formula is C14H9Br3N2OS. The van der Waals surface area contributed by atoms with Gasteiger partial charge in [-0.25, -0.2) is 0 Å². The quantitative estimate of drug-likeness (QED) is 0.602. The molecule has 0 aromatic heterocycles. The van der Waals surface area contributed by atoms with Crippen molar-refractivity contribution >= 4 is 76.6 Å². The molecule has 0 radical (unpaired) electrons. The van der Waals surface area contributed by atoms with Crippen LogP contribution in [0.3, 0.4) is 0 Å². The summed E-state index contributed by atoms with van der Waals surface area (Å²) in [6.07, 6.45) is 0. The van der Waals surface area contributed by atoms with Gasteiger partial charge >= 0.3 is 0 Å². The van der Waals surface area contributed by atoms with E-state index >= 15 is 0 Å². The van der Waals surface area contributed by atoms with Crippen molar-refractivity contribution in [1.82, 2.24) is 0 Å². The zero-order valence-corrected chi connectivity index (χ0v) is 16.1. The van der Waals surface area contributed by atoms with Crippen LogP contribution in [0.4, 0.5) is 5.69 Å². The zero-order valence-electron chi connectivity index (χ0n) is 10.5. The van der Waals surface area contributed by atoms with E-state index in [4.69, 9.17) is 18.0 Å². The average Bonchev–Trinajstić information content (AvgIpc) is 2.40. The van der Waals surface area contributed by atoms with Crippen LogP contribution in [0.25, 0.3) is 0 Å². The molecule has 2 aromatic rings. The number of halogens is 3. The van der Waals surface area contributed by atoms with Gasteiger partial charge in [0.2, 0.25) is 0 Å². The van der Waals surface area contributed by atoms with Crippen molar-refractivity contribution in [2.75, 3.05) is 5.32 Å². The number of carbonyl (C=O) groups excluding carboxylic acids is 1. The monoisotopic (exact) mass is 490 g/mol. The van der Waals surface area contributed by atoms with Crippen molar-refractivity contribution in [1.29, 1.82) is 0 Å². The Labute approximate surface area is 152 Å². The van der Waals surface area contributed by atoms with Crippen LogP contribution >= 0.6 is 60.0 Å². The lowest BCUT2D eigenvalue weighted by Gasteiger charge is -2.11. The fraction of sp³-hybridized carbons (Fsp3) is 0. The van der Waals surface area contributed by atoms with Gasteiger partial charge < -0.3 is 11.1 Å². The average molecular weight is 493 g/mol. The van der Waals surface area contributed by atoms with Gasteiger partial charge in [-0.15, -0.1) is 0 Å². The summed E-state index contributed by atoms with van der Waals surface area (Å²) in [6.45, 7) is 0. The van der Waals surface area contributed by atoms with Crippen molar-refractivity contribution < 1.29 is 4.79 Å². The van der Waals surface area contributed by atoms with Crippen molar-refractivity contribution in [3.8, 4) is 0 Å². The van der Waals surface area contributed by atoms with E-state index in [2.05, 4.69) is 53.1 Å². The summed E-state index contributed by atoms with van der Waals surface area (Å²) in [5, 5.41) is 2.82. The maximum absolute atomic E-state index is 12.4. The van der Waals surface area contributed by atoms with E-state index in [1.165, 1.54) is 0 Å². The molecule has 3 nitrogen and oxygen atoms in total. The topological polar surface area (TPSA) is 55.1 Å². The van der Waals surface area contributed by atoms with Crippen LogP contribution in [0.1, 0.15) is 15.9 Å². The van der Waals surface area contributed by atoms with Crippen molar-refractivity contribution in [3.05, 3.63) is 60.9 Å². The van der Waals surface area contributed by atoms with E-state index in [-0.39, 0.29) is 10.9 Å². The molecule has 0 heterocycles. The first-order chi connectivity index (χ1) is 9.88. The second-order valence-corrected chi connectivity index (χ2v) is 7.26. The maximum atomic E-state index is 12.4. The molecular weight excluding hydrogens is 484 g/mol. The normalized spacial score (nSPS) is 10.2. The molecule has 0 atom stereocenters. The van der Waals surface area contributed by atoms with E-state index in [1.54, 1.807) is 24.3 Å². The van der Waals surface area contributed by atoms with Crippen LogP contribution in [0, 0.1) is 0 Å². The third-order valence-electron chi connectivity index (χ3n) is 2.67. The Morgan fingerprint density at radius 3 is 2.24 bits per heavy atom. The second kappa shape index (κ2) is 7.00. The van der Waals surface area contributed by atoms with E-state index in [1.807, 2.05) is 12.1 Å². The van der Waals surface area contributed by atoms with Crippen LogP contribution in [0.15, 0.2) is 49.8 Å². The number of hydrogen-bond donors (Lipinski definition) is 2. The molecule has 0 saturated carbocycles. The smallest absolute Gasteiger partial charge is 0.256 e. The lowest BCUT2D eigenvalue weighted by molar-refractivity contribution is 0.102. The van der Waals surface area contributed by atoms with Crippen molar-refractivity contribution in [3.63, 3.8) is 0 Å². The molecule has 2 aromatic carbocycles. The van der Waals surface area contributed by atoms with Crippen LogP contribution in [-0.4, -0.2) is 10.9 Å². The maximum Gasteiger partial charge on any atom is 0.256 e. The summed E-state index contributed by atoms with van der Waals surface area (Å²) >= 11 is 15.1. The lowest BCUT2D eigenvalue weighted by Crippen LogP contribution is -2.18. The molecule has 0 aliphatic heterocycles. The van der Waals surface area contributed by atoms with Gasteiger partial charge in [0.05, 0.1) is 11.3 Å². The summed E-state index contributed by atoms with van der Waals surface area (Å²) in [7, 11) is 0. The van der Waals surface area contributed by atoms with Crippen LogP contribution < -0.4 is 11.1 Å². The predicted molar refractivity (Wildman–Crippen MR) is 99.8 cm³/mol. The first kappa shape index (κ1) is 16.6. The summed E-state index contributed by atoms with van der Waals surface area (Å²) in [5.41, 5.74) is 7.40. The Morgan fingerprint density at radius 2 is 1.62 bits per heavy atom. The minimum atomic E-state index is -0.241. The van der Waals surface area contributed by atoms with Crippen LogP contribution in [0.2, 0.25) is 0 Å². The molecule has 2 rings (SSSR count). The minimum Gasteiger partial charge on any atom is -0.389 e. The van der Waals surface area contributed by atoms with Crippen molar-refractivity contribution in [2.45, 2.75) is 0 Å². The van der Waals surface area contributed by atoms with Crippen molar-refractivity contribution in [2.24, 2.45) is 5.73 Å². The zero-order chi connectivity index (χ0) is 15.6. The van der Waals surface area contributed by atoms with Crippen LogP contribution in [-0.2, 0) is 0 Å². The molecule has 7 heteroatoms. The number of benzene rings is 2. The number of carbonyl (C=O) groups is 1. The first-order valence-corrected chi connectivity index (χ1v) is 8.53. The second-order valence-electron chi connectivity index (χ2n) is 4.13. The summed E-state index contributed by atoms with van der Waals surface area (Å²) in [5.74, 6) is -0.241. The molecule has 1 amide bonds. The molecule has 21 heavy (non-hydrogen) atoms. The molecule has 3 N–H and O–H groups in total. The van der Waals surface area contributed by atoms with E-state index < -0.39 is 0 Å². The summed E-state index contributed by atoms with van der Waals surface area (Å²) < 4.78 is 2.43. The molecule has 0 fully saturated rings. The van der Waals surface area contributed by atoms with Gasteiger partial charge in [0.25, 0.3) is 5.91 Å². The number of nitrogens with one attached hydrogen (secondary N) is 1. The third-order valence-corrected chi connectivity index (χ3v) is 4.53. The fourth-order valence-electron chi connectivity index (χ4n) is 1.69. The molecule has 108 valence electrons. The van der Waals surface area contributed by atoms with E-state index in [0.29, 0.717) is 21.3 Å². The highest BCUT2D eigenvalue weighted by atomic mass is 79.9. The summed E-state index contributed by atoms with van der Waals surface area (Å²) in [4.78, 5) is 12.6. The molecule has 0 unspecified atom stereocenters. The standard InChI is InChI=1S/C14H9Br3N2OS/c15-7-2-4-12(10(5-7)13(18)21)19-14(20)9-3-1-8(16)6-11(9)17/h1-6H,(H2,18,21)(H,19,20). The number of nitrogens with two attached hydrogens (primary N) is 1. The molecule has 0 aliphatic carbocycles. The highest BCUT2D eigenvalue weighted by Gasteiger charge is 2.13. The van der Waals surface area contributed by atoms with Gasteiger partial charge in [0, 0.05) is 19.0 Å². The third kappa shape index (κ3) is 4.12. The highest BCUT2D eigenvalue weighted by Crippen LogP contribution is 2.25. The van der Waals surface area contributed by atoms with Gasteiger partial charge in [-0.2, -0.15) is 0 Å². The lowest BCUT2D eigenvalue weighted by atomic mass is 10.1. The van der Waals surface area contributed by atoms with Gasteiger partial charge in [-0.1, -0.05) is 44.1 Å². The Kier molecular flexibility index (Phi) is 5.54. The Hall–Kier alpha value is -0.760. The number of amides is 1. The number of rotatable bonds is 3. The van der Waals surface area contributed by atoms with Gasteiger partial charge in [0.15, 0.2) is 0 Å². The fourth-order valence-corrected chi connectivity index (χ4v) is 3.45. The Morgan fingerprint density at radius 1 is 1.00 bits per heavy atom. The molecule has 0 spiro atoms. The Balaban J connectivity index is 2.34. The number of anilines is 1. The van der Waals surface area contributed by atoms with E-state index in [9.17, 15) is 4.79 Å². The van der Waals surface area contributed by atoms with Crippen LogP contribution in [0.5, 0.6) is 0 Å². The highest BCUT2D eigenvalue weighted by molar-refractivity contribution is 9.11. The predicted octanol–water partition coefficient (Wildman–Crippen LogP) is 4.86. The molecule has 0 saturated heterocycles. The molecule has 0 bridgehead atoms. The number of hydrogen-bond acceptors (Lipinski definition) is 2. The van der Waals surface area contributed by atoms with Gasteiger partial charge in [-0.05, 0) is 52.3 Å². The molecule has 0 aliphatic rings. The minimum absolute atomic E-state index is 0.224. The van der Waals surface area contributed by atoms with E-state index in [0.717, 1.165) is 8.95 Å². The Bertz CT molecular complexity index is 734. The summed E-state index contributed by atoms with van der Waals surface area (Å²) in [6, 6.07) is 10.7. The van der Waals surface area contributed by atoms with Gasteiger partial charge in [0.1, 0.15) is 4.99 Å². The first-order valence-electron chi connectivity index (χ1n) is 5.74. The largest absolute Gasteiger partial charge is 0.389 e. The van der Waals surface area contributed by atoms with Gasteiger partial charge in [-0.3, -0.25) is 4.79 Å². The number of thiocarbonyl (C=S) groups is 1. The SMILES string of the molecule is NC(=S)c1cc(Br)ccc1NC(=O)c1ccc(Br)cc1Br.